The maximum absolute atomic E-state index is 8.61. The van der Waals surface area contributed by atoms with Crippen LogP contribution in [-0.4, -0.2) is 14.4 Å². The van der Waals surface area contributed by atoms with Crippen molar-refractivity contribution in [3.05, 3.63) is 24.0 Å². The summed E-state index contributed by atoms with van der Waals surface area (Å²) in [5, 5.41) is 8.61. The Morgan fingerprint density at radius 2 is 1.88 bits per heavy atom. The number of pyridine rings is 1. The van der Waals surface area contributed by atoms with E-state index in [0.717, 1.165) is 5.56 Å². The fraction of sp³-hybridized carbons (Fsp3) is 0.286. The van der Waals surface area contributed by atoms with E-state index >= 15 is 0 Å². The first-order valence-corrected chi connectivity index (χ1v) is 5.87. The molecule has 1 aromatic rings. The Bertz CT molecular complexity index is 319. The van der Waals surface area contributed by atoms with Crippen LogP contribution in [0.25, 0.3) is 0 Å². The molecule has 0 saturated heterocycles. The topological polar surface area (TPSA) is 93.3 Å². The first kappa shape index (κ1) is 18.3. The van der Waals surface area contributed by atoms with Crippen molar-refractivity contribution in [2.24, 2.45) is 0 Å². The van der Waals surface area contributed by atoms with Crippen LogP contribution in [-0.2, 0) is 29.1 Å². The van der Waals surface area contributed by atoms with E-state index in [-0.39, 0.29) is 6.61 Å². The van der Waals surface area contributed by atoms with Gasteiger partial charge >= 0.3 is 22.5 Å². The number of nitrogen functional groups attached to an aromatic ring is 1. The first-order valence-electron chi connectivity index (χ1n) is 3.60. The van der Waals surface area contributed by atoms with E-state index in [1.807, 2.05) is 0 Å². The summed E-state index contributed by atoms with van der Waals surface area (Å²) in [6.45, 7) is -0.0195. The molecule has 1 aromatic heterocycles. The number of hydrogen-bond donors (Lipinski definition) is 2. The number of aromatic nitrogens is 1. The molecule has 0 spiro atoms. The third-order valence-corrected chi connectivity index (χ3v) is 1.12. The van der Waals surface area contributed by atoms with E-state index in [2.05, 4.69) is 4.98 Å². The molecule has 0 radical (unpaired) electrons. The Hall–Kier alpha value is -0.101. The van der Waals surface area contributed by atoms with Crippen LogP contribution in [0.2, 0.25) is 0 Å². The van der Waals surface area contributed by atoms with Gasteiger partial charge in [0.15, 0.2) is 4.30 Å². The monoisotopic (exact) mass is 329 g/mol. The van der Waals surface area contributed by atoms with Gasteiger partial charge in [0.05, 0.1) is 18.5 Å². The van der Waals surface area contributed by atoms with Gasteiger partial charge in [-0.3, -0.25) is 4.98 Å². The number of alkyl halides is 3. The minimum atomic E-state index is -1.44. The summed E-state index contributed by atoms with van der Waals surface area (Å²) < 4.78 is 16.1. The molecule has 0 fully saturated rings. The third-order valence-electron chi connectivity index (χ3n) is 1.12. The molecule has 93 valence electrons. The second kappa shape index (κ2) is 13.0. The number of nitrogens with zero attached hydrogens (tertiary/aromatic N) is 1. The van der Waals surface area contributed by atoms with Gasteiger partial charge in [0.25, 0.3) is 0 Å². The van der Waals surface area contributed by atoms with Crippen molar-refractivity contribution in [1.82, 2.24) is 4.98 Å². The molecule has 0 saturated carbocycles. The fourth-order valence-corrected chi connectivity index (χ4v) is 0.579. The molecular formula is C7H9Cl3MnN2O3. The van der Waals surface area contributed by atoms with Crippen LogP contribution in [0.3, 0.4) is 0 Å². The van der Waals surface area contributed by atoms with Crippen molar-refractivity contribution in [1.29, 1.82) is 0 Å². The molecule has 16 heavy (non-hydrogen) atoms. The molecule has 3 N–H and O–H groups in total. The van der Waals surface area contributed by atoms with Gasteiger partial charge in [-0.05, 0) is 6.07 Å². The van der Waals surface area contributed by atoms with Gasteiger partial charge in [0.2, 0.25) is 0 Å². The van der Waals surface area contributed by atoms with Crippen LogP contribution in [0.5, 0.6) is 0 Å². The number of halogens is 3. The van der Waals surface area contributed by atoms with Crippen molar-refractivity contribution >= 4 is 40.5 Å². The van der Waals surface area contributed by atoms with E-state index in [0.29, 0.717) is 5.69 Å². The quantitative estimate of drug-likeness (QED) is 0.606. The Kier molecular flexibility index (Phi) is 14.8. The molecule has 0 atom stereocenters. The average Bonchev–Trinajstić information content (AvgIpc) is 2.19. The SMILES string of the molecule is ClC(Cl)Cl.Nc1cnccc1CO.[O]=[Mn]=[O]. The van der Waals surface area contributed by atoms with Crippen molar-refractivity contribution in [3.8, 4) is 0 Å². The van der Waals surface area contributed by atoms with Crippen LogP contribution < -0.4 is 5.73 Å². The summed E-state index contributed by atoms with van der Waals surface area (Å²) in [5.74, 6) is 0. The second-order valence-electron chi connectivity index (χ2n) is 2.04. The first-order chi connectivity index (χ1) is 7.49. The third kappa shape index (κ3) is 13.9. The summed E-state index contributed by atoms with van der Waals surface area (Å²) >= 11 is 13.0. The molecule has 9 heteroatoms. The second-order valence-corrected chi connectivity index (χ2v) is 4.22. The van der Waals surface area contributed by atoms with Crippen molar-refractivity contribution in [3.63, 3.8) is 0 Å². The summed E-state index contributed by atoms with van der Waals surface area (Å²) in [6.07, 6.45) is 3.12. The molecule has 5 nitrogen and oxygen atoms in total. The van der Waals surface area contributed by atoms with Gasteiger partial charge in [-0.1, -0.05) is 34.8 Å². The Morgan fingerprint density at radius 1 is 1.44 bits per heavy atom. The normalized spacial score (nSPS) is 8.31. The van der Waals surface area contributed by atoms with Gasteiger partial charge in [-0.15, -0.1) is 0 Å². The van der Waals surface area contributed by atoms with Crippen molar-refractivity contribution < 1.29 is 27.6 Å². The minimum absolute atomic E-state index is 0.0195. The van der Waals surface area contributed by atoms with Crippen LogP contribution in [0.4, 0.5) is 5.69 Å². The van der Waals surface area contributed by atoms with Crippen LogP contribution in [0.1, 0.15) is 5.56 Å². The average molecular weight is 330 g/mol. The van der Waals surface area contributed by atoms with Crippen LogP contribution in [0, 0.1) is 0 Å². The molecule has 0 aliphatic carbocycles. The summed E-state index contributed by atoms with van der Waals surface area (Å²) in [4.78, 5) is 3.76. The van der Waals surface area contributed by atoms with Crippen LogP contribution in [0.15, 0.2) is 18.5 Å². The fourth-order valence-electron chi connectivity index (χ4n) is 0.579. The molecule has 0 aliphatic heterocycles. The van der Waals surface area contributed by atoms with Gasteiger partial charge in [-0.25, -0.2) is 0 Å². The van der Waals surface area contributed by atoms with Gasteiger partial charge in [0.1, 0.15) is 0 Å². The number of rotatable bonds is 1. The summed E-state index contributed by atoms with van der Waals surface area (Å²) in [5.41, 5.74) is 6.68. The zero-order chi connectivity index (χ0) is 13.0. The van der Waals surface area contributed by atoms with E-state index in [1.54, 1.807) is 12.3 Å². The molecule has 0 aliphatic rings. The summed E-state index contributed by atoms with van der Waals surface area (Å²) in [7, 11) is 0. The predicted octanol–water partition coefficient (Wildman–Crippen LogP) is 1.90. The van der Waals surface area contributed by atoms with Crippen molar-refractivity contribution in [2.45, 2.75) is 10.9 Å². The van der Waals surface area contributed by atoms with E-state index < -0.39 is 19.1 Å². The van der Waals surface area contributed by atoms with E-state index in [9.17, 15) is 0 Å². The van der Waals surface area contributed by atoms with Gasteiger partial charge < -0.3 is 10.8 Å². The van der Waals surface area contributed by atoms with Gasteiger partial charge in [-0.2, -0.15) is 0 Å². The molecule has 0 amide bonds. The zero-order valence-corrected chi connectivity index (χ0v) is 11.3. The summed E-state index contributed by atoms with van der Waals surface area (Å²) in [6, 6.07) is 1.69. The molecule has 0 aromatic carbocycles. The van der Waals surface area contributed by atoms with Gasteiger partial charge in [0, 0.05) is 11.8 Å². The van der Waals surface area contributed by atoms with E-state index in [4.69, 9.17) is 53.3 Å². The molecule has 1 rings (SSSR count). The molecule has 0 bridgehead atoms. The number of hydrogen-bond acceptors (Lipinski definition) is 5. The number of anilines is 1. The maximum atomic E-state index is 8.61. The zero-order valence-electron chi connectivity index (χ0n) is 7.82. The van der Waals surface area contributed by atoms with Crippen LogP contribution >= 0.6 is 34.8 Å². The van der Waals surface area contributed by atoms with E-state index in [1.165, 1.54) is 6.20 Å². The van der Waals surface area contributed by atoms with Crippen molar-refractivity contribution in [2.75, 3.05) is 5.73 Å². The Balaban J connectivity index is 0. The Labute approximate surface area is 113 Å². The molecule has 0 unspecified atom stereocenters. The Morgan fingerprint density at radius 3 is 2.12 bits per heavy atom. The number of aliphatic hydroxyl groups excluding tert-OH is 1. The molecule has 1 heterocycles. The standard InChI is InChI=1S/C6H8N2O.CHCl3.Mn.2O/c7-6-3-8-2-1-5(6)4-9;2-1(3)4;;;/h1-3,9H,4,7H2;1H;;;. The number of nitrogens with two attached hydrogens (primary N) is 1. The predicted molar refractivity (Wildman–Crippen MR) is 57.3 cm³/mol. The number of aliphatic hydroxyl groups is 1. The molecular weight excluding hydrogens is 321 g/mol.